The summed E-state index contributed by atoms with van der Waals surface area (Å²) in [7, 11) is 0. The van der Waals surface area contributed by atoms with Crippen molar-refractivity contribution in [3.05, 3.63) is 48.3 Å². The number of nitrogens with one attached hydrogen (secondary N) is 1. The minimum atomic E-state index is -1.03. The highest BCUT2D eigenvalue weighted by Gasteiger charge is 2.18. The smallest absolute Gasteiger partial charge is 0.326 e. The number of hydrogen-bond acceptors (Lipinski definition) is 3. The summed E-state index contributed by atoms with van der Waals surface area (Å²) in [5.74, 6) is -1.43. The van der Waals surface area contributed by atoms with Crippen LogP contribution in [0.1, 0.15) is 23.7 Å². The Balaban J connectivity index is 2.10. The van der Waals surface area contributed by atoms with Gasteiger partial charge in [-0.1, -0.05) is 6.92 Å². The van der Waals surface area contributed by atoms with Crippen molar-refractivity contribution in [2.45, 2.75) is 19.4 Å². The topological polar surface area (TPSA) is 84.2 Å². The van der Waals surface area contributed by atoms with Gasteiger partial charge < -0.3 is 10.4 Å². The minimum Gasteiger partial charge on any atom is -0.480 e. The van der Waals surface area contributed by atoms with Crippen molar-refractivity contribution >= 4 is 11.9 Å². The molecule has 0 bridgehead atoms. The standard InChI is InChI=1S/C14H15N3O3/c1-2-12(14(19)20)16-13(18)10-4-6-11(7-5-10)17-9-3-8-15-17/h3-9,12H,2H2,1H3,(H,16,18)(H,19,20). The minimum absolute atomic E-state index is 0.340. The van der Waals surface area contributed by atoms with Crippen LogP contribution in [-0.2, 0) is 4.79 Å². The van der Waals surface area contributed by atoms with Crippen LogP contribution in [0.4, 0.5) is 0 Å². The van der Waals surface area contributed by atoms with E-state index in [4.69, 9.17) is 5.11 Å². The van der Waals surface area contributed by atoms with Crippen molar-refractivity contribution in [3.8, 4) is 5.69 Å². The Bertz CT molecular complexity index is 591. The number of carboxylic acid groups (broad SMARTS) is 1. The monoisotopic (exact) mass is 273 g/mol. The summed E-state index contributed by atoms with van der Waals surface area (Å²) in [6.07, 6.45) is 3.80. The van der Waals surface area contributed by atoms with Crippen molar-refractivity contribution in [2.24, 2.45) is 0 Å². The number of amides is 1. The summed E-state index contributed by atoms with van der Waals surface area (Å²) in [6.45, 7) is 1.71. The van der Waals surface area contributed by atoms with Crippen molar-refractivity contribution in [1.29, 1.82) is 0 Å². The number of benzene rings is 1. The van der Waals surface area contributed by atoms with Crippen molar-refractivity contribution in [1.82, 2.24) is 15.1 Å². The lowest BCUT2D eigenvalue weighted by atomic mass is 10.1. The van der Waals surface area contributed by atoms with Gasteiger partial charge in [0.05, 0.1) is 5.69 Å². The number of nitrogens with zero attached hydrogens (tertiary/aromatic N) is 2. The Morgan fingerprint density at radius 3 is 2.55 bits per heavy atom. The molecule has 1 atom stereocenters. The van der Waals surface area contributed by atoms with Crippen LogP contribution < -0.4 is 5.32 Å². The molecule has 20 heavy (non-hydrogen) atoms. The van der Waals surface area contributed by atoms with Gasteiger partial charge in [-0.3, -0.25) is 4.79 Å². The van der Waals surface area contributed by atoms with Gasteiger partial charge in [-0.2, -0.15) is 5.10 Å². The second-order valence-corrected chi connectivity index (χ2v) is 4.27. The molecule has 104 valence electrons. The molecule has 0 aliphatic carbocycles. The van der Waals surface area contributed by atoms with Gasteiger partial charge in [0, 0.05) is 18.0 Å². The van der Waals surface area contributed by atoms with E-state index in [1.165, 1.54) is 0 Å². The van der Waals surface area contributed by atoms with Gasteiger partial charge in [0.15, 0.2) is 0 Å². The van der Waals surface area contributed by atoms with Gasteiger partial charge in [0.25, 0.3) is 5.91 Å². The summed E-state index contributed by atoms with van der Waals surface area (Å²) in [6, 6.07) is 7.72. The molecule has 0 aliphatic rings. The lowest BCUT2D eigenvalue weighted by Gasteiger charge is -2.12. The van der Waals surface area contributed by atoms with Crippen LogP contribution in [-0.4, -0.2) is 32.8 Å². The fourth-order valence-electron chi connectivity index (χ4n) is 1.77. The average Bonchev–Trinajstić information content (AvgIpc) is 2.98. The zero-order valence-electron chi connectivity index (χ0n) is 11.0. The van der Waals surface area contributed by atoms with E-state index in [-0.39, 0.29) is 0 Å². The van der Waals surface area contributed by atoms with E-state index in [1.54, 1.807) is 54.3 Å². The molecule has 2 N–H and O–H groups in total. The maximum Gasteiger partial charge on any atom is 0.326 e. The Labute approximate surface area is 116 Å². The van der Waals surface area contributed by atoms with Gasteiger partial charge in [0.2, 0.25) is 0 Å². The molecule has 6 nitrogen and oxygen atoms in total. The fraction of sp³-hybridized carbons (Fsp3) is 0.214. The number of rotatable bonds is 5. The summed E-state index contributed by atoms with van der Waals surface area (Å²) in [5, 5.41) is 15.5. The maximum absolute atomic E-state index is 11.9. The lowest BCUT2D eigenvalue weighted by Crippen LogP contribution is -2.40. The first-order chi connectivity index (χ1) is 9.61. The van der Waals surface area contributed by atoms with E-state index < -0.39 is 17.9 Å². The predicted octanol–water partition coefficient (Wildman–Crippen LogP) is 1.47. The molecule has 1 amide bonds. The van der Waals surface area contributed by atoms with Gasteiger partial charge in [-0.15, -0.1) is 0 Å². The SMILES string of the molecule is CCC(NC(=O)c1ccc(-n2cccn2)cc1)C(=O)O. The van der Waals surface area contributed by atoms with Crippen LogP contribution in [0.3, 0.4) is 0 Å². The van der Waals surface area contributed by atoms with Gasteiger partial charge in [-0.05, 0) is 36.8 Å². The predicted molar refractivity (Wildman–Crippen MR) is 72.7 cm³/mol. The molecule has 1 aromatic heterocycles. The third-order valence-corrected chi connectivity index (χ3v) is 2.91. The molecule has 0 spiro atoms. The number of carbonyl (C=O) groups is 2. The largest absolute Gasteiger partial charge is 0.480 e. The van der Waals surface area contributed by atoms with Gasteiger partial charge >= 0.3 is 5.97 Å². The Morgan fingerprint density at radius 2 is 2.05 bits per heavy atom. The molecule has 2 rings (SSSR count). The van der Waals surface area contributed by atoms with E-state index >= 15 is 0 Å². The second kappa shape index (κ2) is 6.01. The third kappa shape index (κ3) is 3.03. The Hall–Kier alpha value is -2.63. The molecule has 0 saturated carbocycles. The van der Waals surface area contributed by atoms with Crippen molar-refractivity contribution < 1.29 is 14.7 Å². The van der Waals surface area contributed by atoms with Crippen LogP contribution in [0.25, 0.3) is 5.69 Å². The molecular formula is C14H15N3O3. The first-order valence-corrected chi connectivity index (χ1v) is 6.25. The number of carbonyl (C=O) groups excluding carboxylic acids is 1. The summed E-state index contributed by atoms with van der Waals surface area (Å²) in [4.78, 5) is 22.8. The second-order valence-electron chi connectivity index (χ2n) is 4.27. The summed E-state index contributed by atoms with van der Waals surface area (Å²) in [5.41, 5.74) is 1.25. The fourth-order valence-corrected chi connectivity index (χ4v) is 1.77. The van der Waals surface area contributed by atoms with E-state index in [0.717, 1.165) is 5.69 Å². The van der Waals surface area contributed by atoms with Crippen LogP contribution in [0.5, 0.6) is 0 Å². The Kier molecular flexibility index (Phi) is 4.14. The molecule has 1 unspecified atom stereocenters. The highest BCUT2D eigenvalue weighted by Crippen LogP contribution is 2.09. The van der Waals surface area contributed by atoms with E-state index in [9.17, 15) is 9.59 Å². The number of aromatic nitrogens is 2. The highest BCUT2D eigenvalue weighted by atomic mass is 16.4. The van der Waals surface area contributed by atoms with Crippen molar-refractivity contribution in [2.75, 3.05) is 0 Å². The molecule has 2 aromatic rings. The number of aliphatic carboxylic acids is 1. The average molecular weight is 273 g/mol. The molecule has 0 aliphatic heterocycles. The van der Waals surface area contributed by atoms with Crippen LogP contribution >= 0.6 is 0 Å². The first-order valence-electron chi connectivity index (χ1n) is 6.25. The molecule has 1 heterocycles. The maximum atomic E-state index is 11.9. The zero-order valence-corrected chi connectivity index (χ0v) is 11.0. The van der Waals surface area contributed by atoms with E-state index in [0.29, 0.717) is 12.0 Å². The molecule has 1 aromatic carbocycles. The zero-order chi connectivity index (χ0) is 14.5. The quantitative estimate of drug-likeness (QED) is 0.864. The number of hydrogen-bond donors (Lipinski definition) is 2. The van der Waals surface area contributed by atoms with Crippen LogP contribution in [0.2, 0.25) is 0 Å². The van der Waals surface area contributed by atoms with Gasteiger partial charge in [-0.25, -0.2) is 9.48 Å². The molecule has 0 fully saturated rings. The molecule has 0 saturated heterocycles. The Morgan fingerprint density at radius 1 is 1.35 bits per heavy atom. The first kappa shape index (κ1) is 13.8. The van der Waals surface area contributed by atoms with Crippen LogP contribution in [0.15, 0.2) is 42.7 Å². The molecule has 6 heteroatoms. The van der Waals surface area contributed by atoms with Crippen LogP contribution in [0, 0.1) is 0 Å². The van der Waals surface area contributed by atoms with Gasteiger partial charge in [0.1, 0.15) is 6.04 Å². The third-order valence-electron chi connectivity index (χ3n) is 2.91. The number of carboxylic acids is 1. The molecule has 0 radical (unpaired) electrons. The normalized spacial score (nSPS) is 11.8. The van der Waals surface area contributed by atoms with E-state index in [1.807, 2.05) is 0 Å². The summed E-state index contributed by atoms with van der Waals surface area (Å²) >= 11 is 0. The van der Waals surface area contributed by atoms with Crippen molar-refractivity contribution in [3.63, 3.8) is 0 Å². The highest BCUT2D eigenvalue weighted by molar-refractivity contribution is 5.96. The molecular weight excluding hydrogens is 258 g/mol. The lowest BCUT2D eigenvalue weighted by molar-refractivity contribution is -0.139. The summed E-state index contributed by atoms with van der Waals surface area (Å²) < 4.78 is 1.67. The van der Waals surface area contributed by atoms with E-state index in [2.05, 4.69) is 10.4 Å².